The highest BCUT2D eigenvalue weighted by Gasteiger charge is 2.28. The van der Waals surface area contributed by atoms with E-state index in [4.69, 9.17) is 0 Å². The highest BCUT2D eigenvalue weighted by Crippen LogP contribution is 2.22. The summed E-state index contributed by atoms with van der Waals surface area (Å²) in [5.41, 5.74) is 5.03. The average Bonchev–Trinajstić information content (AvgIpc) is 3.23. The standard InChI is InChI=1S/C26H29N5O2/c1-17-9-10-21-20(14-17)18(15-28-21)11-12-27-25(32)19-6-5-13-31(16-19)24-26(33)30(2)23-8-4-3-7-22(23)29-24/h3-4,7-10,14-15,19,28H,5-6,11-13,16H2,1-2H3,(H,27,32)/t19-/m1/s1. The maximum atomic E-state index is 12.9. The van der Waals surface area contributed by atoms with Crippen molar-refractivity contribution in [2.24, 2.45) is 13.0 Å². The quantitative estimate of drug-likeness (QED) is 0.496. The first-order chi connectivity index (χ1) is 16.0. The molecule has 2 N–H and O–H groups in total. The number of aromatic nitrogens is 3. The SMILES string of the molecule is Cc1ccc2[nH]cc(CCNC(=O)[C@@H]3CCCN(c4nc5ccccc5n(C)c4=O)C3)c2c1. The van der Waals surface area contributed by atoms with Gasteiger partial charge in [0.1, 0.15) is 0 Å². The van der Waals surface area contributed by atoms with Crippen molar-refractivity contribution in [2.45, 2.75) is 26.2 Å². The molecule has 0 spiro atoms. The monoisotopic (exact) mass is 443 g/mol. The Morgan fingerprint density at radius 3 is 2.97 bits per heavy atom. The number of H-pyrrole nitrogens is 1. The Labute approximate surface area is 192 Å². The van der Waals surface area contributed by atoms with E-state index in [1.165, 1.54) is 16.5 Å². The predicted octanol–water partition coefficient (Wildman–Crippen LogP) is 3.30. The number of anilines is 1. The van der Waals surface area contributed by atoms with E-state index >= 15 is 0 Å². The van der Waals surface area contributed by atoms with Crippen LogP contribution in [0.25, 0.3) is 21.9 Å². The molecule has 1 fully saturated rings. The summed E-state index contributed by atoms with van der Waals surface area (Å²) in [6.07, 6.45) is 4.48. The summed E-state index contributed by atoms with van der Waals surface area (Å²) < 4.78 is 1.64. The molecule has 5 rings (SSSR count). The van der Waals surface area contributed by atoms with Crippen LogP contribution in [0.2, 0.25) is 0 Å². The highest BCUT2D eigenvalue weighted by atomic mass is 16.2. The number of amides is 1. The van der Waals surface area contributed by atoms with Gasteiger partial charge in [-0.15, -0.1) is 0 Å². The average molecular weight is 444 g/mol. The lowest BCUT2D eigenvalue weighted by atomic mass is 9.97. The Morgan fingerprint density at radius 2 is 2.09 bits per heavy atom. The van der Waals surface area contributed by atoms with Gasteiger partial charge in [-0.2, -0.15) is 0 Å². The van der Waals surface area contributed by atoms with Crippen molar-refractivity contribution in [2.75, 3.05) is 24.5 Å². The second-order valence-corrected chi connectivity index (χ2v) is 8.98. The molecule has 0 aliphatic carbocycles. The minimum absolute atomic E-state index is 0.0494. The van der Waals surface area contributed by atoms with Crippen molar-refractivity contribution in [3.63, 3.8) is 0 Å². The van der Waals surface area contributed by atoms with E-state index in [1.54, 1.807) is 11.6 Å². The van der Waals surface area contributed by atoms with E-state index in [0.717, 1.165) is 42.4 Å². The van der Waals surface area contributed by atoms with Crippen LogP contribution in [0.1, 0.15) is 24.0 Å². The van der Waals surface area contributed by atoms with E-state index in [2.05, 4.69) is 40.4 Å². The third-order valence-corrected chi connectivity index (χ3v) is 6.67. The van der Waals surface area contributed by atoms with Gasteiger partial charge in [-0.05, 0) is 56.0 Å². The van der Waals surface area contributed by atoms with Gasteiger partial charge in [0.25, 0.3) is 5.56 Å². The number of benzene rings is 2. The van der Waals surface area contributed by atoms with Gasteiger partial charge < -0.3 is 19.8 Å². The molecule has 0 radical (unpaired) electrons. The minimum atomic E-state index is -0.151. The first kappa shape index (κ1) is 21.2. The van der Waals surface area contributed by atoms with Gasteiger partial charge in [-0.25, -0.2) is 4.98 Å². The second kappa shape index (κ2) is 8.73. The first-order valence-electron chi connectivity index (χ1n) is 11.6. The fourth-order valence-corrected chi connectivity index (χ4v) is 4.82. The Balaban J connectivity index is 1.26. The molecular formula is C26H29N5O2. The second-order valence-electron chi connectivity index (χ2n) is 8.98. The van der Waals surface area contributed by atoms with Crippen LogP contribution in [0.15, 0.2) is 53.5 Å². The summed E-state index contributed by atoms with van der Waals surface area (Å²) in [5.74, 6) is 0.332. The zero-order chi connectivity index (χ0) is 22.9. The van der Waals surface area contributed by atoms with Crippen LogP contribution in [0.3, 0.4) is 0 Å². The number of para-hydroxylation sites is 2. The molecule has 0 unspecified atom stereocenters. The third kappa shape index (κ3) is 4.11. The van der Waals surface area contributed by atoms with Gasteiger partial charge >= 0.3 is 0 Å². The number of aromatic amines is 1. The van der Waals surface area contributed by atoms with Crippen LogP contribution >= 0.6 is 0 Å². The number of nitrogens with one attached hydrogen (secondary N) is 2. The van der Waals surface area contributed by atoms with E-state index < -0.39 is 0 Å². The number of carbonyl (C=O) groups is 1. The molecule has 1 aliphatic heterocycles. The molecule has 0 bridgehead atoms. The molecule has 3 heterocycles. The molecule has 0 saturated carbocycles. The summed E-state index contributed by atoms with van der Waals surface area (Å²) in [7, 11) is 1.77. The molecule has 170 valence electrons. The fourth-order valence-electron chi connectivity index (χ4n) is 4.82. The Bertz CT molecular complexity index is 1390. The lowest BCUT2D eigenvalue weighted by Gasteiger charge is -2.32. The summed E-state index contributed by atoms with van der Waals surface area (Å²) in [5, 5.41) is 4.33. The molecule has 1 aliphatic rings. The Morgan fingerprint density at radius 1 is 1.24 bits per heavy atom. The zero-order valence-electron chi connectivity index (χ0n) is 19.1. The van der Waals surface area contributed by atoms with Crippen LogP contribution in [0.4, 0.5) is 5.82 Å². The smallest absolute Gasteiger partial charge is 0.293 e. The van der Waals surface area contributed by atoms with Crippen molar-refractivity contribution in [1.29, 1.82) is 0 Å². The normalized spacial score (nSPS) is 16.4. The zero-order valence-corrected chi connectivity index (χ0v) is 19.1. The number of hydrogen-bond acceptors (Lipinski definition) is 4. The number of fused-ring (bicyclic) bond motifs is 2. The van der Waals surface area contributed by atoms with Crippen LogP contribution in [-0.4, -0.2) is 40.1 Å². The van der Waals surface area contributed by atoms with E-state index in [0.29, 0.717) is 18.9 Å². The molecule has 7 nitrogen and oxygen atoms in total. The summed E-state index contributed by atoms with van der Waals surface area (Å²) in [4.78, 5) is 35.8. The van der Waals surface area contributed by atoms with Crippen molar-refractivity contribution >= 4 is 33.7 Å². The predicted molar refractivity (Wildman–Crippen MR) is 132 cm³/mol. The highest BCUT2D eigenvalue weighted by molar-refractivity contribution is 5.84. The molecule has 1 atom stereocenters. The summed E-state index contributed by atoms with van der Waals surface area (Å²) in [6.45, 7) is 3.93. The maximum absolute atomic E-state index is 12.9. The number of piperidine rings is 1. The van der Waals surface area contributed by atoms with Gasteiger partial charge in [0.2, 0.25) is 5.91 Å². The Hall–Kier alpha value is -3.61. The van der Waals surface area contributed by atoms with Crippen molar-refractivity contribution in [3.8, 4) is 0 Å². The van der Waals surface area contributed by atoms with Gasteiger partial charge in [0.15, 0.2) is 5.82 Å². The van der Waals surface area contributed by atoms with Crippen LogP contribution in [0.5, 0.6) is 0 Å². The molecule has 2 aromatic carbocycles. The number of nitrogens with zero attached hydrogens (tertiary/aromatic N) is 3. The lowest BCUT2D eigenvalue weighted by molar-refractivity contribution is -0.125. The molecule has 7 heteroatoms. The van der Waals surface area contributed by atoms with E-state index in [1.807, 2.05) is 35.4 Å². The molecule has 1 saturated heterocycles. The van der Waals surface area contributed by atoms with Crippen molar-refractivity contribution in [3.05, 3.63) is 70.1 Å². The van der Waals surface area contributed by atoms with Crippen LogP contribution < -0.4 is 15.8 Å². The van der Waals surface area contributed by atoms with Gasteiger partial charge in [-0.1, -0.05) is 23.8 Å². The summed E-state index contributed by atoms with van der Waals surface area (Å²) >= 11 is 0. The maximum Gasteiger partial charge on any atom is 0.293 e. The number of aryl methyl sites for hydroxylation is 2. The largest absolute Gasteiger partial charge is 0.361 e. The third-order valence-electron chi connectivity index (χ3n) is 6.67. The topological polar surface area (TPSA) is 83.0 Å². The summed E-state index contributed by atoms with van der Waals surface area (Å²) in [6, 6.07) is 14.0. The fraction of sp³-hybridized carbons (Fsp3) is 0.346. The van der Waals surface area contributed by atoms with Crippen molar-refractivity contribution < 1.29 is 4.79 Å². The molecule has 2 aromatic heterocycles. The van der Waals surface area contributed by atoms with Gasteiger partial charge in [0, 0.05) is 43.8 Å². The number of rotatable bonds is 5. The molecule has 1 amide bonds. The van der Waals surface area contributed by atoms with Crippen LogP contribution in [-0.2, 0) is 18.3 Å². The number of carbonyl (C=O) groups excluding carboxylic acids is 1. The molecule has 4 aromatic rings. The number of hydrogen-bond donors (Lipinski definition) is 2. The van der Waals surface area contributed by atoms with Crippen molar-refractivity contribution in [1.82, 2.24) is 19.9 Å². The first-order valence-corrected chi connectivity index (χ1v) is 11.6. The molecule has 33 heavy (non-hydrogen) atoms. The Kier molecular flexibility index (Phi) is 5.62. The molecular weight excluding hydrogens is 414 g/mol. The van der Waals surface area contributed by atoms with E-state index in [-0.39, 0.29) is 17.4 Å². The minimum Gasteiger partial charge on any atom is -0.361 e. The van der Waals surface area contributed by atoms with E-state index in [9.17, 15) is 9.59 Å². The van der Waals surface area contributed by atoms with Gasteiger partial charge in [0.05, 0.1) is 17.0 Å². The lowest BCUT2D eigenvalue weighted by Crippen LogP contribution is -2.45. The van der Waals surface area contributed by atoms with Crippen LogP contribution in [0, 0.1) is 12.8 Å². The van der Waals surface area contributed by atoms with Gasteiger partial charge in [-0.3, -0.25) is 9.59 Å².